The van der Waals surface area contributed by atoms with Crippen molar-refractivity contribution in [3.63, 3.8) is 0 Å². The Labute approximate surface area is 108 Å². The number of piperidine rings is 1. The summed E-state index contributed by atoms with van der Waals surface area (Å²) in [5.74, 6) is 0.601. The SMILES string of the molecule is CNc1cncc(C(=O)N2CCCC(C)(C)C2)n1. The molecule has 0 radical (unpaired) electrons. The lowest BCUT2D eigenvalue weighted by molar-refractivity contribution is 0.0577. The van der Waals surface area contributed by atoms with Gasteiger partial charge in [-0.1, -0.05) is 13.8 Å². The van der Waals surface area contributed by atoms with Crippen molar-refractivity contribution in [2.24, 2.45) is 5.41 Å². The van der Waals surface area contributed by atoms with Crippen LogP contribution in [0.3, 0.4) is 0 Å². The monoisotopic (exact) mass is 248 g/mol. The number of likely N-dealkylation sites (tertiary alicyclic amines) is 1. The number of rotatable bonds is 2. The highest BCUT2D eigenvalue weighted by Gasteiger charge is 2.30. The van der Waals surface area contributed by atoms with E-state index in [-0.39, 0.29) is 11.3 Å². The third-order valence-electron chi connectivity index (χ3n) is 3.30. The van der Waals surface area contributed by atoms with Crippen LogP contribution in [0.25, 0.3) is 0 Å². The normalized spacial score (nSPS) is 18.5. The summed E-state index contributed by atoms with van der Waals surface area (Å²) in [6.45, 7) is 6.00. The maximum Gasteiger partial charge on any atom is 0.274 e. The highest BCUT2D eigenvalue weighted by Crippen LogP contribution is 2.28. The Kier molecular flexibility index (Phi) is 3.50. The summed E-state index contributed by atoms with van der Waals surface area (Å²) in [6, 6.07) is 0. The Balaban J connectivity index is 2.15. The molecule has 98 valence electrons. The van der Waals surface area contributed by atoms with E-state index in [1.165, 1.54) is 12.6 Å². The van der Waals surface area contributed by atoms with Gasteiger partial charge >= 0.3 is 0 Å². The number of amides is 1. The van der Waals surface area contributed by atoms with Crippen LogP contribution < -0.4 is 5.32 Å². The molecule has 5 heteroatoms. The van der Waals surface area contributed by atoms with Crippen LogP contribution in [0, 0.1) is 5.41 Å². The third kappa shape index (κ3) is 2.78. The standard InChI is InChI=1S/C13H20N4O/c1-13(2)5-4-6-17(9-13)12(18)10-7-15-8-11(14-3)16-10/h7-8H,4-6,9H2,1-3H3,(H,14,16). The van der Waals surface area contributed by atoms with Crippen LogP contribution in [0.2, 0.25) is 0 Å². The number of carbonyl (C=O) groups excluding carboxylic acids is 1. The van der Waals surface area contributed by atoms with E-state index in [2.05, 4.69) is 29.1 Å². The predicted octanol–water partition coefficient (Wildman–Crippen LogP) is 1.78. The molecule has 2 heterocycles. The van der Waals surface area contributed by atoms with Crippen LogP contribution in [-0.4, -0.2) is 40.9 Å². The smallest absolute Gasteiger partial charge is 0.274 e. The number of nitrogens with zero attached hydrogens (tertiary/aromatic N) is 3. The molecule has 0 saturated carbocycles. The molecule has 1 aliphatic rings. The first kappa shape index (κ1) is 12.8. The van der Waals surface area contributed by atoms with Crippen molar-refractivity contribution in [3.05, 3.63) is 18.1 Å². The molecule has 1 aliphatic heterocycles. The molecule has 0 aliphatic carbocycles. The van der Waals surface area contributed by atoms with E-state index < -0.39 is 0 Å². The Morgan fingerprint density at radius 3 is 2.89 bits per heavy atom. The zero-order valence-electron chi connectivity index (χ0n) is 11.2. The van der Waals surface area contributed by atoms with Gasteiger partial charge in [-0.15, -0.1) is 0 Å². The topological polar surface area (TPSA) is 58.1 Å². The number of carbonyl (C=O) groups is 1. The third-order valence-corrected chi connectivity index (χ3v) is 3.30. The first-order valence-electron chi connectivity index (χ1n) is 6.31. The van der Waals surface area contributed by atoms with E-state index in [1.54, 1.807) is 13.2 Å². The zero-order valence-corrected chi connectivity index (χ0v) is 11.2. The van der Waals surface area contributed by atoms with Gasteiger partial charge in [0.1, 0.15) is 11.5 Å². The van der Waals surface area contributed by atoms with Gasteiger partial charge in [-0.3, -0.25) is 9.78 Å². The fourth-order valence-electron chi connectivity index (χ4n) is 2.35. The van der Waals surface area contributed by atoms with Gasteiger partial charge in [0.05, 0.1) is 12.4 Å². The lowest BCUT2D eigenvalue weighted by Gasteiger charge is -2.37. The molecule has 0 spiro atoms. The molecular formula is C13H20N4O. The minimum absolute atomic E-state index is 0.0209. The molecule has 0 aromatic carbocycles. The fraction of sp³-hybridized carbons (Fsp3) is 0.615. The number of anilines is 1. The Bertz CT molecular complexity index is 444. The minimum atomic E-state index is -0.0209. The molecular weight excluding hydrogens is 228 g/mol. The molecule has 0 bridgehead atoms. The van der Waals surface area contributed by atoms with Crippen LogP contribution in [-0.2, 0) is 0 Å². The average molecular weight is 248 g/mol. The first-order valence-corrected chi connectivity index (χ1v) is 6.31. The summed E-state index contributed by atoms with van der Waals surface area (Å²) in [5, 5.41) is 2.90. The van der Waals surface area contributed by atoms with Crippen molar-refractivity contribution >= 4 is 11.7 Å². The van der Waals surface area contributed by atoms with Gasteiger partial charge in [0, 0.05) is 20.1 Å². The van der Waals surface area contributed by atoms with Gasteiger partial charge < -0.3 is 10.2 Å². The molecule has 1 aromatic rings. The highest BCUT2D eigenvalue weighted by atomic mass is 16.2. The van der Waals surface area contributed by atoms with Crippen LogP contribution >= 0.6 is 0 Å². The summed E-state index contributed by atoms with van der Waals surface area (Å²) < 4.78 is 0. The molecule has 1 aromatic heterocycles. The Morgan fingerprint density at radius 1 is 1.44 bits per heavy atom. The number of hydrogen-bond acceptors (Lipinski definition) is 4. The van der Waals surface area contributed by atoms with E-state index in [0.717, 1.165) is 19.5 Å². The van der Waals surface area contributed by atoms with Gasteiger partial charge in [0.25, 0.3) is 5.91 Å². The van der Waals surface area contributed by atoms with Gasteiger partial charge in [-0.2, -0.15) is 0 Å². The molecule has 2 rings (SSSR count). The van der Waals surface area contributed by atoms with Crippen molar-refractivity contribution in [3.8, 4) is 0 Å². The molecule has 1 amide bonds. The van der Waals surface area contributed by atoms with Gasteiger partial charge in [-0.25, -0.2) is 4.98 Å². The maximum atomic E-state index is 12.4. The van der Waals surface area contributed by atoms with E-state index in [0.29, 0.717) is 11.5 Å². The number of aromatic nitrogens is 2. The van der Waals surface area contributed by atoms with Gasteiger partial charge in [-0.05, 0) is 18.3 Å². The lowest BCUT2D eigenvalue weighted by atomic mass is 9.84. The summed E-state index contributed by atoms with van der Waals surface area (Å²) in [6.07, 6.45) is 5.36. The summed E-state index contributed by atoms with van der Waals surface area (Å²) in [4.78, 5) is 22.5. The van der Waals surface area contributed by atoms with E-state index >= 15 is 0 Å². The molecule has 1 saturated heterocycles. The molecule has 0 unspecified atom stereocenters. The van der Waals surface area contributed by atoms with Gasteiger partial charge in [0.15, 0.2) is 0 Å². The van der Waals surface area contributed by atoms with Crippen molar-refractivity contribution < 1.29 is 4.79 Å². The summed E-state index contributed by atoms with van der Waals surface area (Å²) in [7, 11) is 1.77. The van der Waals surface area contributed by atoms with Crippen LogP contribution in [0.1, 0.15) is 37.2 Å². The predicted molar refractivity (Wildman–Crippen MR) is 70.5 cm³/mol. The second-order valence-electron chi connectivity index (χ2n) is 5.53. The minimum Gasteiger partial charge on any atom is -0.372 e. The highest BCUT2D eigenvalue weighted by molar-refractivity contribution is 5.92. The van der Waals surface area contributed by atoms with Crippen LogP contribution in [0.5, 0.6) is 0 Å². The van der Waals surface area contributed by atoms with Crippen molar-refractivity contribution in [1.82, 2.24) is 14.9 Å². The van der Waals surface area contributed by atoms with E-state index in [4.69, 9.17) is 0 Å². The Hall–Kier alpha value is -1.65. The number of nitrogens with one attached hydrogen (secondary N) is 1. The largest absolute Gasteiger partial charge is 0.372 e. The molecule has 18 heavy (non-hydrogen) atoms. The van der Waals surface area contributed by atoms with E-state index in [1.807, 2.05) is 4.90 Å². The second kappa shape index (κ2) is 4.92. The summed E-state index contributed by atoms with van der Waals surface area (Å²) in [5.41, 5.74) is 0.613. The van der Waals surface area contributed by atoms with Crippen LogP contribution in [0.15, 0.2) is 12.4 Å². The molecule has 0 atom stereocenters. The lowest BCUT2D eigenvalue weighted by Crippen LogP contribution is -2.43. The quantitative estimate of drug-likeness (QED) is 0.866. The van der Waals surface area contributed by atoms with Crippen molar-refractivity contribution in [2.75, 3.05) is 25.5 Å². The molecule has 1 N–H and O–H groups in total. The fourth-order valence-corrected chi connectivity index (χ4v) is 2.35. The maximum absolute atomic E-state index is 12.4. The Morgan fingerprint density at radius 2 is 2.22 bits per heavy atom. The second-order valence-corrected chi connectivity index (χ2v) is 5.53. The molecule has 1 fully saturated rings. The van der Waals surface area contributed by atoms with Gasteiger partial charge in [0.2, 0.25) is 0 Å². The average Bonchev–Trinajstić information content (AvgIpc) is 2.37. The van der Waals surface area contributed by atoms with Crippen LogP contribution in [0.4, 0.5) is 5.82 Å². The number of hydrogen-bond donors (Lipinski definition) is 1. The van der Waals surface area contributed by atoms with Crippen molar-refractivity contribution in [2.45, 2.75) is 26.7 Å². The molecule has 5 nitrogen and oxygen atoms in total. The zero-order chi connectivity index (χ0) is 13.2. The first-order chi connectivity index (χ1) is 8.52. The summed E-state index contributed by atoms with van der Waals surface area (Å²) >= 11 is 0. The van der Waals surface area contributed by atoms with Crippen molar-refractivity contribution in [1.29, 1.82) is 0 Å². The van der Waals surface area contributed by atoms with E-state index in [9.17, 15) is 4.79 Å².